The number of aromatic nitrogens is 1. The van der Waals surface area contributed by atoms with E-state index in [-0.39, 0.29) is 0 Å². The molecule has 7 heteroatoms. The van der Waals surface area contributed by atoms with Gasteiger partial charge in [-0.05, 0) is 84.1 Å². The lowest BCUT2D eigenvalue weighted by Crippen LogP contribution is -2.48. The molecule has 7 rings (SSSR count). The molecule has 0 spiro atoms. The van der Waals surface area contributed by atoms with E-state index in [0.29, 0.717) is 18.0 Å². The third-order valence-corrected chi connectivity index (χ3v) is 11.2. The van der Waals surface area contributed by atoms with Crippen LogP contribution in [0, 0.1) is 0 Å². The van der Waals surface area contributed by atoms with Crippen LogP contribution in [-0.4, -0.2) is 117 Å². The first kappa shape index (κ1) is 26.5. The van der Waals surface area contributed by atoms with Crippen LogP contribution >= 0.6 is 0 Å². The SMILES string of the molecule is CN(C)C1CCN(C2CCc3c(nc4c5c3N(CCCN3CCOCC3)CCCN5C3CCCCC43)C2)CC1. The predicted molar refractivity (Wildman–Crippen MR) is 159 cm³/mol. The van der Waals surface area contributed by atoms with Gasteiger partial charge in [-0.15, -0.1) is 0 Å². The minimum atomic E-state index is 0.669. The maximum absolute atomic E-state index is 5.66. The third kappa shape index (κ3) is 5.11. The molecule has 0 amide bonds. The average molecular weight is 537 g/mol. The van der Waals surface area contributed by atoms with Crippen LogP contribution in [0.1, 0.15) is 80.7 Å². The molecule has 3 fully saturated rings. The number of likely N-dealkylation sites (tertiary alicyclic amines) is 1. The lowest BCUT2D eigenvalue weighted by atomic mass is 9.83. The molecular formula is C32H52N6O. The van der Waals surface area contributed by atoms with Gasteiger partial charge in [0, 0.05) is 75.4 Å². The second-order valence-corrected chi connectivity index (χ2v) is 13.5. The molecule has 2 aliphatic carbocycles. The Bertz CT molecular complexity index is 1000. The van der Waals surface area contributed by atoms with E-state index in [1.165, 1.54) is 121 Å². The van der Waals surface area contributed by atoms with E-state index in [4.69, 9.17) is 9.72 Å². The maximum Gasteiger partial charge on any atom is 0.0832 e. The Morgan fingerprint density at radius 2 is 1.67 bits per heavy atom. The van der Waals surface area contributed by atoms with Gasteiger partial charge in [0.15, 0.2) is 0 Å². The van der Waals surface area contributed by atoms with Gasteiger partial charge in [-0.1, -0.05) is 12.8 Å². The van der Waals surface area contributed by atoms with Gasteiger partial charge in [0.1, 0.15) is 0 Å². The molecule has 1 aromatic rings. The summed E-state index contributed by atoms with van der Waals surface area (Å²) in [5.41, 5.74) is 7.82. The topological polar surface area (TPSA) is 38.3 Å². The van der Waals surface area contributed by atoms with Crippen molar-refractivity contribution in [3.05, 3.63) is 17.0 Å². The van der Waals surface area contributed by atoms with Gasteiger partial charge in [0.25, 0.3) is 0 Å². The molecule has 2 saturated heterocycles. The normalized spacial score (nSPS) is 30.3. The predicted octanol–water partition coefficient (Wildman–Crippen LogP) is 3.74. The minimum absolute atomic E-state index is 0.669. The highest BCUT2D eigenvalue weighted by Crippen LogP contribution is 2.54. The monoisotopic (exact) mass is 536 g/mol. The number of morpholine rings is 1. The van der Waals surface area contributed by atoms with Gasteiger partial charge in [-0.25, -0.2) is 0 Å². The molecular weight excluding hydrogens is 484 g/mol. The maximum atomic E-state index is 5.66. The van der Waals surface area contributed by atoms with Crippen LogP contribution in [-0.2, 0) is 17.6 Å². The van der Waals surface area contributed by atoms with Crippen LogP contribution in [0.2, 0.25) is 0 Å². The number of ether oxygens (including phenoxy) is 1. The van der Waals surface area contributed by atoms with E-state index < -0.39 is 0 Å². The first-order chi connectivity index (χ1) is 19.2. The number of piperidine rings is 1. The molecule has 1 aromatic heterocycles. The van der Waals surface area contributed by atoms with Crippen LogP contribution in [0.25, 0.3) is 0 Å². The molecule has 4 aliphatic heterocycles. The van der Waals surface area contributed by atoms with Crippen molar-refractivity contribution in [2.45, 2.75) is 94.7 Å². The molecule has 0 N–H and O–H groups in total. The molecule has 7 nitrogen and oxygen atoms in total. The highest BCUT2D eigenvalue weighted by atomic mass is 16.5. The second kappa shape index (κ2) is 11.5. The number of fused-ring (bicyclic) bond motifs is 5. The molecule has 6 aliphatic rings. The molecule has 0 bridgehead atoms. The largest absolute Gasteiger partial charge is 0.379 e. The number of rotatable bonds is 6. The zero-order valence-corrected chi connectivity index (χ0v) is 24.8. The van der Waals surface area contributed by atoms with Crippen molar-refractivity contribution in [1.82, 2.24) is 19.7 Å². The van der Waals surface area contributed by atoms with Gasteiger partial charge in [0.2, 0.25) is 0 Å². The molecule has 0 aromatic carbocycles. The highest BCUT2D eigenvalue weighted by Gasteiger charge is 2.46. The summed E-state index contributed by atoms with van der Waals surface area (Å²) in [7, 11) is 4.51. The van der Waals surface area contributed by atoms with Gasteiger partial charge < -0.3 is 19.4 Å². The van der Waals surface area contributed by atoms with E-state index in [9.17, 15) is 0 Å². The third-order valence-electron chi connectivity index (χ3n) is 11.2. The van der Waals surface area contributed by atoms with Crippen LogP contribution in [0.3, 0.4) is 0 Å². The van der Waals surface area contributed by atoms with Crippen molar-refractivity contribution in [3.8, 4) is 0 Å². The number of hydrogen-bond donors (Lipinski definition) is 0. The summed E-state index contributed by atoms with van der Waals surface area (Å²) in [5, 5.41) is 0. The fraction of sp³-hybridized carbons (Fsp3) is 0.844. The van der Waals surface area contributed by atoms with Gasteiger partial charge in [-0.2, -0.15) is 0 Å². The Morgan fingerprint density at radius 3 is 2.49 bits per heavy atom. The van der Waals surface area contributed by atoms with Crippen LogP contribution in [0.4, 0.5) is 11.4 Å². The quantitative estimate of drug-likeness (QED) is 0.548. The highest BCUT2D eigenvalue weighted by molar-refractivity contribution is 5.82. The van der Waals surface area contributed by atoms with Crippen molar-refractivity contribution >= 4 is 11.4 Å². The Kier molecular flexibility index (Phi) is 7.78. The molecule has 0 radical (unpaired) electrons. The van der Waals surface area contributed by atoms with Crippen molar-refractivity contribution in [2.24, 2.45) is 0 Å². The summed E-state index contributed by atoms with van der Waals surface area (Å²) in [6.07, 6.45) is 14.3. The fourth-order valence-electron chi connectivity index (χ4n) is 9.02. The molecule has 3 atom stereocenters. The summed E-state index contributed by atoms with van der Waals surface area (Å²) >= 11 is 0. The van der Waals surface area contributed by atoms with Crippen LogP contribution in [0.15, 0.2) is 0 Å². The number of hydrogen-bond acceptors (Lipinski definition) is 7. The summed E-state index contributed by atoms with van der Waals surface area (Å²) in [6.45, 7) is 11.3. The Morgan fingerprint density at radius 1 is 0.846 bits per heavy atom. The molecule has 216 valence electrons. The van der Waals surface area contributed by atoms with Crippen molar-refractivity contribution in [2.75, 3.05) is 89.5 Å². The number of pyridine rings is 1. The summed E-state index contributed by atoms with van der Waals surface area (Å²) in [6, 6.07) is 2.14. The molecule has 39 heavy (non-hydrogen) atoms. The van der Waals surface area contributed by atoms with Crippen LogP contribution in [0.5, 0.6) is 0 Å². The van der Waals surface area contributed by atoms with E-state index in [2.05, 4.69) is 38.6 Å². The second-order valence-electron chi connectivity index (χ2n) is 13.5. The van der Waals surface area contributed by atoms with E-state index in [0.717, 1.165) is 32.3 Å². The Labute approximate surface area is 236 Å². The van der Waals surface area contributed by atoms with Gasteiger partial charge >= 0.3 is 0 Å². The first-order valence-corrected chi connectivity index (χ1v) is 16.4. The van der Waals surface area contributed by atoms with E-state index in [1.54, 1.807) is 16.9 Å². The number of anilines is 2. The standard InChI is InChI=1S/C32H52N6O/c1-34(2)24-11-17-36(18-12-24)25-9-10-26-28(23-25)33-30-27-7-3-4-8-29(27)38-16-6-15-37(31(26)32(30)38)14-5-13-35-19-21-39-22-20-35/h24-25,27,29H,3-23H2,1-2H3. The minimum Gasteiger partial charge on any atom is -0.379 e. The molecule has 5 heterocycles. The number of nitrogens with zero attached hydrogens (tertiary/aromatic N) is 6. The fourth-order valence-corrected chi connectivity index (χ4v) is 9.02. The summed E-state index contributed by atoms with van der Waals surface area (Å²) in [5.74, 6) is 0.669. The van der Waals surface area contributed by atoms with E-state index >= 15 is 0 Å². The first-order valence-electron chi connectivity index (χ1n) is 16.4. The zero-order chi connectivity index (χ0) is 26.3. The van der Waals surface area contributed by atoms with Crippen molar-refractivity contribution in [1.29, 1.82) is 0 Å². The molecule has 1 saturated carbocycles. The average Bonchev–Trinajstić information content (AvgIpc) is 3.15. The lowest BCUT2D eigenvalue weighted by molar-refractivity contribution is 0.0376. The van der Waals surface area contributed by atoms with Crippen molar-refractivity contribution < 1.29 is 4.74 Å². The lowest BCUT2D eigenvalue weighted by Gasteiger charge is -2.42. The zero-order valence-electron chi connectivity index (χ0n) is 24.8. The van der Waals surface area contributed by atoms with E-state index in [1.807, 2.05) is 0 Å². The van der Waals surface area contributed by atoms with Gasteiger partial charge in [0.05, 0.1) is 30.3 Å². The van der Waals surface area contributed by atoms with Crippen LogP contribution < -0.4 is 9.80 Å². The Balaban J connectivity index is 1.16. The van der Waals surface area contributed by atoms with Gasteiger partial charge in [-0.3, -0.25) is 14.8 Å². The van der Waals surface area contributed by atoms with Crippen molar-refractivity contribution in [3.63, 3.8) is 0 Å². The molecule has 3 unspecified atom stereocenters. The summed E-state index contributed by atoms with van der Waals surface area (Å²) in [4.78, 5) is 19.2. The summed E-state index contributed by atoms with van der Waals surface area (Å²) < 4.78 is 5.60. The Hall–Kier alpha value is -1.41. The smallest absolute Gasteiger partial charge is 0.0832 e.